The number of alkyl halides is 3. The summed E-state index contributed by atoms with van der Waals surface area (Å²) in [5.41, 5.74) is 5.72. The Kier molecular flexibility index (Phi) is 3.76. The molecular weight excluding hydrogens is 221 g/mol. The quantitative estimate of drug-likeness (QED) is 0.618. The molecular formula is C10H11F3N2O. The fourth-order valence-electron chi connectivity index (χ4n) is 1.02. The van der Waals surface area contributed by atoms with Gasteiger partial charge in [0.2, 0.25) is 0 Å². The van der Waals surface area contributed by atoms with Crippen LogP contribution in [0.4, 0.5) is 13.2 Å². The Morgan fingerprint density at radius 3 is 2.25 bits per heavy atom. The van der Waals surface area contributed by atoms with Gasteiger partial charge in [-0.25, -0.2) is 0 Å². The van der Waals surface area contributed by atoms with E-state index in [1.165, 1.54) is 24.3 Å². The maximum atomic E-state index is 11.8. The third-order valence-corrected chi connectivity index (χ3v) is 1.82. The zero-order valence-electron chi connectivity index (χ0n) is 8.34. The van der Waals surface area contributed by atoms with Crippen molar-refractivity contribution in [1.82, 2.24) is 0 Å². The fraction of sp³-hybridized carbons (Fsp3) is 0.300. The highest BCUT2D eigenvalue weighted by atomic mass is 19.4. The second-order valence-corrected chi connectivity index (χ2v) is 3.15. The van der Waals surface area contributed by atoms with Gasteiger partial charge in [-0.15, -0.1) is 0 Å². The van der Waals surface area contributed by atoms with Crippen LogP contribution in [0.1, 0.15) is 12.0 Å². The molecule has 0 fully saturated rings. The number of ether oxygens (including phenoxy) is 1. The smallest absolute Gasteiger partial charge is 0.392 e. The van der Waals surface area contributed by atoms with Crippen molar-refractivity contribution in [2.75, 3.05) is 6.61 Å². The lowest BCUT2D eigenvalue weighted by molar-refractivity contribution is -0.139. The molecule has 0 spiro atoms. The van der Waals surface area contributed by atoms with Crippen LogP contribution < -0.4 is 10.5 Å². The van der Waals surface area contributed by atoms with E-state index in [0.29, 0.717) is 11.3 Å². The minimum Gasteiger partial charge on any atom is -0.493 e. The van der Waals surface area contributed by atoms with Crippen molar-refractivity contribution in [3.8, 4) is 5.75 Å². The normalized spacial score (nSPS) is 11.2. The molecule has 1 rings (SSSR count). The third-order valence-electron chi connectivity index (χ3n) is 1.82. The largest absolute Gasteiger partial charge is 0.493 e. The number of benzene rings is 1. The van der Waals surface area contributed by atoms with Crippen LogP contribution >= 0.6 is 0 Å². The minimum atomic E-state index is -4.21. The number of rotatable bonds is 4. The maximum Gasteiger partial charge on any atom is 0.392 e. The van der Waals surface area contributed by atoms with Gasteiger partial charge in [0.25, 0.3) is 0 Å². The predicted molar refractivity (Wildman–Crippen MR) is 53.6 cm³/mol. The van der Waals surface area contributed by atoms with Crippen molar-refractivity contribution >= 4 is 5.84 Å². The van der Waals surface area contributed by atoms with Crippen molar-refractivity contribution in [2.24, 2.45) is 5.73 Å². The molecule has 0 aromatic heterocycles. The Morgan fingerprint density at radius 2 is 1.81 bits per heavy atom. The molecule has 0 saturated heterocycles. The van der Waals surface area contributed by atoms with Gasteiger partial charge in [0.15, 0.2) is 0 Å². The Morgan fingerprint density at radius 1 is 1.25 bits per heavy atom. The van der Waals surface area contributed by atoms with Crippen LogP contribution in [0.15, 0.2) is 24.3 Å². The van der Waals surface area contributed by atoms with Crippen LogP contribution in [0.5, 0.6) is 5.75 Å². The van der Waals surface area contributed by atoms with E-state index < -0.39 is 19.2 Å². The average molecular weight is 232 g/mol. The van der Waals surface area contributed by atoms with Crippen LogP contribution in [0.25, 0.3) is 0 Å². The van der Waals surface area contributed by atoms with E-state index in [9.17, 15) is 13.2 Å². The Hall–Kier alpha value is -1.72. The summed E-state index contributed by atoms with van der Waals surface area (Å²) < 4.78 is 40.3. The number of hydrogen-bond donors (Lipinski definition) is 2. The van der Waals surface area contributed by atoms with Crippen LogP contribution in [0.3, 0.4) is 0 Å². The van der Waals surface area contributed by atoms with Gasteiger partial charge in [-0.1, -0.05) is 0 Å². The SMILES string of the molecule is N=C(N)c1ccc(OCCC(F)(F)F)cc1. The van der Waals surface area contributed by atoms with E-state index >= 15 is 0 Å². The molecule has 0 aliphatic carbocycles. The predicted octanol–water partition coefficient (Wildman–Crippen LogP) is 2.30. The molecule has 0 bridgehead atoms. The first kappa shape index (κ1) is 12.4. The van der Waals surface area contributed by atoms with Gasteiger partial charge in [0.05, 0.1) is 13.0 Å². The van der Waals surface area contributed by atoms with Crippen LogP contribution in [-0.2, 0) is 0 Å². The summed E-state index contributed by atoms with van der Waals surface area (Å²) in [6.07, 6.45) is -5.19. The zero-order valence-corrected chi connectivity index (χ0v) is 8.34. The highest BCUT2D eigenvalue weighted by molar-refractivity contribution is 5.94. The zero-order chi connectivity index (χ0) is 12.2. The first-order valence-electron chi connectivity index (χ1n) is 4.52. The van der Waals surface area contributed by atoms with Crippen LogP contribution in [0.2, 0.25) is 0 Å². The highest BCUT2D eigenvalue weighted by Crippen LogP contribution is 2.20. The number of hydrogen-bond acceptors (Lipinski definition) is 2. The lowest BCUT2D eigenvalue weighted by atomic mass is 10.2. The molecule has 6 heteroatoms. The van der Waals surface area contributed by atoms with Crippen molar-refractivity contribution in [3.05, 3.63) is 29.8 Å². The molecule has 0 heterocycles. The van der Waals surface area contributed by atoms with E-state index in [-0.39, 0.29) is 5.84 Å². The summed E-state index contributed by atoms with van der Waals surface area (Å²) in [5.74, 6) is 0.232. The lowest BCUT2D eigenvalue weighted by Crippen LogP contribution is -2.13. The molecule has 0 aliphatic heterocycles. The number of nitrogens with one attached hydrogen (secondary N) is 1. The molecule has 0 saturated carbocycles. The van der Waals surface area contributed by atoms with Crippen LogP contribution in [-0.4, -0.2) is 18.6 Å². The van der Waals surface area contributed by atoms with Gasteiger partial charge in [-0.05, 0) is 24.3 Å². The second-order valence-electron chi connectivity index (χ2n) is 3.15. The van der Waals surface area contributed by atoms with Gasteiger partial charge >= 0.3 is 6.18 Å². The Labute approximate surface area is 90.5 Å². The molecule has 0 aliphatic rings. The number of amidine groups is 1. The molecule has 1 aromatic rings. The van der Waals surface area contributed by atoms with Gasteiger partial charge in [-0.2, -0.15) is 13.2 Å². The van der Waals surface area contributed by atoms with E-state index in [4.69, 9.17) is 15.9 Å². The maximum absolute atomic E-state index is 11.8. The summed E-state index contributed by atoms with van der Waals surface area (Å²) >= 11 is 0. The highest BCUT2D eigenvalue weighted by Gasteiger charge is 2.26. The van der Waals surface area contributed by atoms with Gasteiger partial charge in [-0.3, -0.25) is 5.41 Å². The van der Waals surface area contributed by atoms with E-state index in [0.717, 1.165) is 0 Å². The molecule has 0 amide bonds. The summed E-state index contributed by atoms with van der Waals surface area (Å²) in [6, 6.07) is 6.00. The molecule has 0 atom stereocenters. The molecule has 0 radical (unpaired) electrons. The van der Waals surface area contributed by atoms with Crippen molar-refractivity contribution in [2.45, 2.75) is 12.6 Å². The lowest BCUT2D eigenvalue weighted by Gasteiger charge is -2.08. The van der Waals surface area contributed by atoms with Crippen molar-refractivity contribution < 1.29 is 17.9 Å². The van der Waals surface area contributed by atoms with E-state index in [1.54, 1.807) is 0 Å². The monoisotopic (exact) mass is 232 g/mol. The van der Waals surface area contributed by atoms with Crippen LogP contribution in [0, 0.1) is 5.41 Å². The van der Waals surface area contributed by atoms with Crippen molar-refractivity contribution in [3.63, 3.8) is 0 Å². The number of halogens is 3. The first-order chi connectivity index (χ1) is 7.38. The van der Waals surface area contributed by atoms with Gasteiger partial charge < -0.3 is 10.5 Å². The molecule has 3 N–H and O–H groups in total. The second kappa shape index (κ2) is 4.87. The third kappa shape index (κ3) is 4.20. The molecule has 16 heavy (non-hydrogen) atoms. The molecule has 88 valence electrons. The number of nitrogen functional groups attached to an aromatic ring is 1. The van der Waals surface area contributed by atoms with E-state index in [1.807, 2.05) is 0 Å². The number of nitrogens with two attached hydrogens (primary N) is 1. The summed E-state index contributed by atoms with van der Waals surface area (Å²) in [6.45, 7) is -0.414. The topological polar surface area (TPSA) is 59.1 Å². The van der Waals surface area contributed by atoms with Gasteiger partial charge in [0.1, 0.15) is 11.6 Å². The molecule has 3 nitrogen and oxygen atoms in total. The minimum absolute atomic E-state index is 0.0955. The summed E-state index contributed by atoms with van der Waals surface area (Å²) in [5, 5.41) is 7.11. The summed E-state index contributed by atoms with van der Waals surface area (Å²) in [4.78, 5) is 0. The average Bonchev–Trinajstić information content (AvgIpc) is 2.16. The molecule has 0 unspecified atom stereocenters. The standard InChI is InChI=1S/C10H11F3N2O/c11-10(12,13)5-6-16-8-3-1-7(2-4-8)9(14)15/h1-4H,5-6H2,(H3,14,15). The van der Waals surface area contributed by atoms with Crippen molar-refractivity contribution in [1.29, 1.82) is 5.41 Å². The Bertz CT molecular complexity index is 359. The Balaban J connectivity index is 2.47. The summed E-state index contributed by atoms with van der Waals surface area (Å²) in [7, 11) is 0. The molecule has 1 aromatic carbocycles. The van der Waals surface area contributed by atoms with Gasteiger partial charge in [0, 0.05) is 5.56 Å². The fourth-order valence-corrected chi connectivity index (χ4v) is 1.02. The first-order valence-corrected chi connectivity index (χ1v) is 4.52. The van der Waals surface area contributed by atoms with E-state index in [2.05, 4.69) is 0 Å².